The first kappa shape index (κ1) is 12.5. The summed E-state index contributed by atoms with van der Waals surface area (Å²) in [6.45, 7) is 0. The highest BCUT2D eigenvalue weighted by molar-refractivity contribution is 5.76. The first-order valence-electron chi connectivity index (χ1n) is 7.08. The van der Waals surface area contributed by atoms with Gasteiger partial charge in [-0.1, -0.05) is 12.1 Å². The molecule has 1 unspecified atom stereocenters. The van der Waals surface area contributed by atoms with Crippen LogP contribution in [0.5, 0.6) is 0 Å². The largest absolute Gasteiger partial charge is 0.469 e. The van der Waals surface area contributed by atoms with Gasteiger partial charge in [0.2, 0.25) is 0 Å². The molecule has 2 N–H and O–H groups in total. The van der Waals surface area contributed by atoms with Gasteiger partial charge in [0, 0.05) is 5.69 Å². The molecule has 1 aromatic rings. The Morgan fingerprint density at radius 1 is 1.26 bits per heavy atom. The average molecular weight is 259 g/mol. The van der Waals surface area contributed by atoms with Gasteiger partial charge < -0.3 is 10.5 Å². The van der Waals surface area contributed by atoms with Crippen LogP contribution in [-0.4, -0.2) is 13.1 Å². The molecule has 102 valence electrons. The number of anilines is 1. The molecule has 2 saturated carbocycles. The number of hydrogen-bond donors (Lipinski definition) is 1. The fraction of sp³-hybridized carbons (Fsp3) is 0.562. The third-order valence-corrected chi connectivity index (χ3v) is 5.06. The van der Waals surface area contributed by atoms with E-state index in [1.165, 1.54) is 25.5 Å². The van der Waals surface area contributed by atoms with Crippen molar-refractivity contribution in [1.82, 2.24) is 0 Å². The van der Waals surface area contributed by atoms with Crippen LogP contribution in [0.4, 0.5) is 5.69 Å². The van der Waals surface area contributed by atoms with E-state index in [0.717, 1.165) is 24.9 Å². The average Bonchev–Trinajstić information content (AvgIpc) is 3.14. The smallest absolute Gasteiger partial charge is 0.309 e. The van der Waals surface area contributed by atoms with Crippen LogP contribution < -0.4 is 5.73 Å². The minimum Gasteiger partial charge on any atom is -0.469 e. The van der Waals surface area contributed by atoms with Crippen molar-refractivity contribution in [2.75, 3.05) is 12.8 Å². The highest BCUT2D eigenvalue weighted by Gasteiger charge is 2.59. The van der Waals surface area contributed by atoms with Gasteiger partial charge >= 0.3 is 5.97 Å². The topological polar surface area (TPSA) is 52.3 Å². The van der Waals surface area contributed by atoms with Crippen molar-refractivity contribution in [2.45, 2.75) is 38.0 Å². The molecule has 2 aliphatic carbocycles. The molecule has 3 rings (SSSR count). The molecule has 2 fully saturated rings. The van der Waals surface area contributed by atoms with Crippen LogP contribution in [0.1, 0.15) is 43.6 Å². The Balaban J connectivity index is 1.62. The van der Waals surface area contributed by atoms with E-state index in [1.54, 1.807) is 0 Å². The zero-order valence-corrected chi connectivity index (χ0v) is 11.4. The van der Waals surface area contributed by atoms with Crippen molar-refractivity contribution in [3.05, 3.63) is 29.8 Å². The van der Waals surface area contributed by atoms with Crippen molar-refractivity contribution in [1.29, 1.82) is 0 Å². The van der Waals surface area contributed by atoms with Crippen LogP contribution in [0.25, 0.3) is 0 Å². The Kier molecular flexibility index (Phi) is 3.00. The summed E-state index contributed by atoms with van der Waals surface area (Å²) in [5.74, 6) is 0.793. The number of ether oxygens (including phenoxy) is 1. The van der Waals surface area contributed by atoms with Crippen LogP contribution >= 0.6 is 0 Å². The minimum atomic E-state index is -0.00839. The molecule has 19 heavy (non-hydrogen) atoms. The van der Waals surface area contributed by atoms with Crippen LogP contribution in [-0.2, 0) is 9.53 Å². The number of methoxy groups -OCH3 is 1. The lowest BCUT2D eigenvalue weighted by Crippen LogP contribution is -2.19. The minimum absolute atomic E-state index is 0.00839. The van der Waals surface area contributed by atoms with E-state index in [0.29, 0.717) is 5.92 Å². The number of benzene rings is 1. The lowest BCUT2D eigenvalue weighted by atomic mass is 9.76. The van der Waals surface area contributed by atoms with Gasteiger partial charge in [-0.05, 0) is 61.1 Å². The lowest BCUT2D eigenvalue weighted by molar-refractivity contribution is -0.143. The second-order valence-electron chi connectivity index (χ2n) is 6.08. The Labute approximate surface area is 114 Å². The standard InChI is InChI=1S/C16H21NO2/c1-19-15(18)14-10-16(14)8-6-12(7-9-16)11-2-4-13(17)5-3-11/h2-5,12,14H,6-10,17H2,1H3. The van der Waals surface area contributed by atoms with Gasteiger partial charge in [0.15, 0.2) is 0 Å². The fourth-order valence-corrected chi connectivity index (χ4v) is 3.67. The molecule has 0 amide bonds. The number of carbonyl (C=O) groups is 1. The Morgan fingerprint density at radius 3 is 2.47 bits per heavy atom. The van der Waals surface area contributed by atoms with E-state index in [4.69, 9.17) is 10.5 Å². The zero-order valence-electron chi connectivity index (χ0n) is 11.4. The molecule has 0 aromatic heterocycles. The SMILES string of the molecule is COC(=O)C1CC12CCC(c1ccc(N)cc1)CC2. The predicted octanol–water partition coefficient (Wildman–Crippen LogP) is 3.11. The van der Waals surface area contributed by atoms with Gasteiger partial charge in [0.05, 0.1) is 13.0 Å². The molecule has 1 aromatic carbocycles. The maximum atomic E-state index is 11.6. The summed E-state index contributed by atoms with van der Waals surface area (Å²) < 4.78 is 4.87. The monoisotopic (exact) mass is 259 g/mol. The molecule has 0 heterocycles. The molecule has 1 spiro atoms. The van der Waals surface area contributed by atoms with E-state index >= 15 is 0 Å². The molecule has 3 heteroatoms. The number of rotatable bonds is 2. The molecule has 1 atom stereocenters. The first-order chi connectivity index (χ1) is 9.14. The van der Waals surface area contributed by atoms with Crippen molar-refractivity contribution >= 4 is 11.7 Å². The number of hydrogen-bond acceptors (Lipinski definition) is 3. The van der Waals surface area contributed by atoms with Gasteiger partial charge in [0.1, 0.15) is 0 Å². The number of nitrogens with two attached hydrogens (primary N) is 1. The van der Waals surface area contributed by atoms with Crippen molar-refractivity contribution in [2.24, 2.45) is 11.3 Å². The number of carbonyl (C=O) groups excluding carboxylic acids is 1. The molecule has 0 bridgehead atoms. The van der Waals surface area contributed by atoms with E-state index in [9.17, 15) is 4.79 Å². The second kappa shape index (κ2) is 4.55. The number of nitrogen functional groups attached to an aromatic ring is 1. The van der Waals surface area contributed by atoms with Crippen LogP contribution in [0.15, 0.2) is 24.3 Å². The van der Waals surface area contributed by atoms with E-state index < -0.39 is 0 Å². The maximum absolute atomic E-state index is 11.6. The zero-order chi connectivity index (χ0) is 13.5. The Bertz CT molecular complexity index is 472. The van der Waals surface area contributed by atoms with E-state index in [2.05, 4.69) is 12.1 Å². The highest BCUT2D eigenvalue weighted by atomic mass is 16.5. The fourth-order valence-electron chi connectivity index (χ4n) is 3.67. The van der Waals surface area contributed by atoms with E-state index in [1.807, 2.05) is 12.1 Å². The molecule has 0 radical (unpaired) electrons. The highest BCUT2D eigenvalue weighted by Crippen LogP contribution is 2.63. The second-order valence-corrected chi connectivity index (χ2v) is 6.08. The summed E-state index contributed by atoms with van der Waals surface area (Å²) in [4.78, 5) is 11.6. The van der Waals surface area contributed by atoms with Gasteiger partial charge in [-0.3, -0.25) is 4.79 Å². The predicted molar refractivity (Wildman–Crippen MR) is 74.6 cm³/mol. The molecule has 3 nitrogen and oxygen atoms in total. The summed E-state index contributed by atoms with van der Waals surface area (Å²) >= 11 is 0. The van der Waals surface area contributed by atoms with Crippen LogP contribution in [0.2, 0.25) is 0 Å². The van der Waals surface area contributed by atoms with Gasteiger partial charge in [-0.25, -0.2) is 0 Å². The first-order valence-corrected chi connectivity index (χ1v) is 7.08. The van der Waals surface area contributed by atoms with Gasteiger partial charge in [-0.15, -0.1) is 0 Å². The van der Waals surface area contributed by atoms with Crippen molar-refractivity contribution in [3.63, 3.8) is 0 Å². The van der Waals surface area contributed by atoms with Crippen LogP contribution in [0, 0.1) is 11.3 Å². The molecule has 2 aliphatic rings. The third kappa shape index (κ3) is 2.22. The molecule has 0 aliphatic heterocycles. The third-order valence-electron chi connectivity index (χ3n) is 5.06. The Morgan fingerprint density at radius 2 is 1.89 bits per heavy atom. The molecular weight excluding hydrogens is 238 g/mol. The lowest BCUT2D eigenvalue weighted by Gasteiger charge is -2.29. The summed E-state index contributed by atoms with van der Waals surface area (Å²) in [7, 11) is 1.49. The normalized spacial score (nSPS) is 33.1. The molecule has 0 saturated heterocycles. The summed E-state index contributed by atoms with van der Waals surface area (Å²) in [5, 5.41) is 0. The van der Waals surface area contributed by atoms with Gasteiger partial charge in [-0.2, -0.15) is 0 Å². The summed E-state index contributed by atoms with van der Waals surface area (Å²) in [5.41, 5.74) is 8.21. The van der Waals surface area contributed by atoms with Crippen molar-refractivity contribution in [3.8, 4) is 0 Å². The van der Waals surface area contributed by atoms with Crippen LogP contribution in [0.3, 0.4) is 0 Å². The molecular formula is C16H21NO2. The maximum Gasteiger partial charge on any atom is 0.309 e. The number of esters is 1. The van der Waals surface area contributed by atoms with Crippen molar-refractivity contribution < 1.29 is 9.53 Å². The quantitative estimate of drug-likeness (QED) is 0.656. The summed E-state index contributed by atoms with van der Waals surface area (Å²) in [6, 6.07) is 8.24. The van der Waals surface area contributed by atoms with E-state index in [-0.39, 0.29) is 17.3 Å². The summed E-state index contributed by atoms with van der Waals surface area (Å²) in [6.07, 6.45) is 5.70. The van der Waals surface area contributed by atoms with Gasteiger partial charge in [0.25, 0.3) is 0 Å². The Hall–Kier alpha value is -1.51.